The first-order valence-corrected chi connectivity index (χ1v) is 7.98. The van der Waals surface area contributed by atoms with Gasteiger partial charge in [0.25, 0.3) is 0 Å². The molecule has 0 radical (unpaired) electrons. The van der Waals surface area contributed by atoms with Gasteiger partial charge in [-0.25, -0.2) is 17.6 Å². The first-order chi connectivity index (χ1) is 9.89. The quantitative estimate of drug-likeness (QED) is 0.815. The molecule has 0 aromatic heterocycles. The van der Waals surface area contributed by atoms with E-state index < -0.39 is 21.6 Å². The third kappa shape index (κ3) is 3.66. The van der Waals surface area contributed by atoms with Crippen LogP contribution in [0.5, 0.6) is 0 Å². The Kier molecular flexibility index (Phi) is 4.37. The van der Waals surface area contributed by atoms with Crippen molar-refractivity contribution in [3.8, 4) is 0 Å². The first kappa shape index (κ1) is 15.2. The summed E-state index contributed by atoms with van der Waals surface area (Å²) in [5, 5.41) is 0. The molecule has 2 aromatic rings. The zero-order valence-corrected chi connectivity index (χ0v) is 12.1. The van der Waals surface area contributed by atoms with Crippen LogP contribution < -0.4 is 0 Å². The maximum absolute atomic E-state index is 13.4. The fourth-order valence-electron chi connectivity index (χ4n) is 1.80. The van der Waals surface area contributed by atoms with Crippen molar-refractivity contribution in [2.24, 2.45) is 0 Å². The van der Waals surface area contributed by atoms with Gasteiger partial charge < -0.3 is 4.74 Å². The zero-order chi connectivity index (χ0) is 15.5. The average Bonchev–Trinajstić information content (AvgIpc) is 2.45. The number of carbonyl (C=O) groups is 1. The second-order valence-electron chi connectivity index (χ2n) is 4.44. The monoisotopic (exact) mass is 308 g/mol. The third-order valence-electron chi connectivity index (χ3n) is 2.82. The lowest BCUT2D eigenvalue weighted by atomic mass is 10.2. The minimum atomic E-state index is -3.54. The largest absolute Gasteiger partial charge is 0.457 e. The van der Waals surface area contributed by atoms with Gasteiger partial charge in [0.05, 0.1) is 10.5 Å². The molecule has 2 aromatic carbocycles. The minimum absolute atomic E-state index is 0.0589. The molecule has 0 saturated heterocycles. The van der Waals surface area contributed by atoms with E-state index in [2.05, 4.69) is 0 Å². The Bertz CT molecular complexity index is 769. The van der Waals surface area contributed by atoms with E-state index in [1.807, 2.05) is 0 Å². The number of benzene rings is 2. The minimum Gasteiger partial charge on any atom is -0.457 e. The van der Waals surface area contributed by atoms with Crippen LogP contribution >= 0.6 is 0 Å². The summed E-state index contributed by atoms with van der Waals surface area (Å²) in [7, 11) is -3.54. The molecule has 0 bridgehead atoms. The van der Waals surface area contributed by atoms with Gasteiger partial charge in [0, 0.05) is 11.8 Å². The Morgan fingerprint density at radius 1 is 1.10 bits per heavy atom. The van der Waals surface area contributed by atoms with E-state index in [9.17, 15) is 17.6 Å². The predicted octanol–water partition coefficient (Wildman–Crippen LogP) is 2.59. The van der Waals surface area contributed by atoms with Crippen LogP contribution in [-0.2, 0) is 21.2 Å². The van der Waals surface area contributed by atoms with Crippen LogP contribution in [0, 0.1) is 5.82 Å². The van der Waals surface area contributed by atoms with E-state index in [1.54, 1.807) is 6.07 Å². The Hall–Kier alpha value is -2.21. The van der Waals surface area contributed by atoms with Crippen molar-refractivity contribution < 1.29 is 22.3 Å². The van der Waals surface area contributed by atoms with Crippen LogP contribution in [0.4, 0.5) is 4.39 Å². The van der Waals surface area contributed by atoms with Crippen molar-refractivity contribution in [1.29, 1.82) is 0 Å². The topological polar surface area (TPSA) is 60.4 Å². The lowest BCUT2D eigenvalue weighted by molar-refractivity contribution is 0.0464. The molecule has 0 fully saturated rings. The highest BCUT2D eigenvalue weighted by atomic mass is 32.2. The fraction of sp³-hybridized carbons (Fsp3) is 0.133. The molecule has 21 heavy (non-hydrogen) atoms. The Balaban J connectivity index is 2.21. The summed E-state index contributed by atoms with van der Waals surface area (Å²) in [5.74, 6) is -1.29. The molecule has 4 nitrogen and oxygen atoms in total. The van der Waals surface area contributed by atoms with E-state index in [0.717, 1.165) is 6.26 Å². The molecule has 0 unspecified atom stereocenters. The molecule has 0 atom stereocenters. The van der Waals surface area contributed by atoms with E-state index in [0.29, 0.717) is 0 Å². The summed E-state index contributed by atoms with van der Waals surface area (Å²) < 4.78 is 41.6. The predicted molar refractivity (Wildman–Crippen MR) is 75.1 cm³/mol. The standard InChI is InChI=1S/C15H13FO4S/c1-21(18,19)14-9-5-3-7-12(14)15(17)20-10-11-6-2-4-8-13(11)16/h2-9H,10H2,1H3. The normalized spacial score (nSPS) is 11.1. The van der Waals surface area contributed by atoms with Crippen molar-refractivity contribution in [1.82, 2.24) is 0 Å². The highest BCUT2D eigenvalue weighted by molar-refractivity contribution is 7.90. The molecule has 0 amide bonds. The van der Waals surface area contributed by atoms with Crippen LogP contribution in [0.1, 0.15) is 15.9 Å². The lowest BCUT2D eigenvalue weighted by Gasteiger charge is -2.08. The third-order valence-corrected chi connectivity index (χ3v) is 3.98. The summed E-state index contributed by atoms with van der Waals surface area (Å²) in [5.41, 5.74) is 0.166. The molecule has 0 aliphatic carbocycles. The van der Waals surface area contributed by atoms with Crippen LogP contribution in [0.15, 0.2) is 53.4 Å². The molecule has 0 N–H and O–H groups in total. The summed E-state index contributed by atoms with van der Waals surface area (Å²) in [6.45, 7) is -0.260. The molecular formula is C15H13FO4S. The Morgan fingerprint density at radius 2 is 1.71 bits per heavy atom. The van der Waals surface area contributed by atoms with Gasteiger partial charge in [0.1, 0.15) is 12.4 Å². The van der Waals surface area contributed by atoms with Gasteiger partial charge in [0.15, 0.2) is 9.84 Å². The Labute approximate surface area is 122 Å². The van der Waals surface area contributed by atoms with E-state index in [4.69, 9.17) is 4.74 Å². The van der Waals surface area contributed by atoms with Crippen LogP contribution in [0.25, 0.3) is 0 Å². The van der Waals surface area contributed by atoms with E-state index >= 15 is 0 Å². The fourth-order valence-corrected chi connectivity index (χ4v) is 2.67. The second-order valence-corrected chi connectivity index (χ2v) is 6.42. The lowest BCUT2D eigenvalue weighted by Crippen LogP contribution is -2.11. The van der Waals surface area contributed by atoms with Gasteiger partial charge >= 0.3 is 5.97 Å². The number of esters is 1. The van der Waals surface area contributed by atoms with Gasteiger partial charge in [0.2, 0.25) is 0 Å². The van der Waals surface area contributed by atoms with E-state index in [-0.39, 0.29) is 22.6 Å². The highest BCUT2D eigenvalue weighted by Crippen LogP contribution is 2.17. The van der Waals surface area contributed by atoms with Crippen molar-refractivity contribution in [2.45, 2.75) is 11.5 Å². The number of halogens is 1. The number of hydrogen-bond donors (Lipinski definition) is 0. The van der Waals surface area contributed by atoms with Gasteiger partial charge in [-0.05, 0) is 18.2 Å². The van der Waals surface area contributed by atoms with Crippen LogP contribution in [0.2, 0.25) is 0 Å². The second kappa shape index (κ2) is 6.05. The molecule has 0 heterocycles. The molecule has 0 aliphatic rings. The van der Waals surface area contributed by atoms with Gasteiger partial charge in [-0.2, -0.15) is 0 Å². The smallest absolute Gasteiger partial charge is 0.339 e. The maximum Gasteiger partial charge on any atom is 0.339 e. The number of hydrogen-bond acceptors (Lipinski definition) is 4. The maximum atomic E-state index is 13.4. The molecule has 0 spiro atoms. The van der Waals surface area contributed by atoms with Crippen molar-refractivity contribution in [2.75, 3.05) is 6.26 Å². The van der Waals surface area contributed by atoms with Gasteiger partial charge in [-0.1, -0.05) is 30.3 Å². The summed E-state index contributed by atoms with van der Waals surface area (Å²) in [6, 6.07) is 11.6. The summed E-state index contributed by atoms with van der Waals surface area (Å²) in [4.78, 5) is 11.9. The van der Waals surface area contributed by atoms with Crippen molar-refractivity contribution in [3.63, 3.8) is 0 Å². The van der Waals surface area contributed by atoms with Crippen LogP contribution in [0.3, 0.4) is 0 Å². The molecule has 0 aliphatic heterocycles. The molecular weight excluding hydrogens is 295 g/mol. The number of carbonyl (C=O) groups excluding carboxylic acids is 1. The number of rotatable bonds is 4. The Morgan fingerprint density at radius 3 is 2.38 bits per heavy atom. The SMILES string of the molecule is CS(=O)(=O)c1ccccc1C(=O)OCc1ccccc1F. The summed E-state index contributed by atoms with van der Waals surface area (Å²) >= 11 is 0. The van der Waals surface area contributed by atoms with Crippen molar-refractivity contribution in [3.05, 3.63) is 65.5 Å². The number of sulfone groups is 1. The average molecular weight is 308 g/mol. The zero-order valence-electron chi connectivity index (χ0n) is 11.2. The van der Waals surface area contributed by atoms with Gasteiger partial charge in [-0.3, -0.25) is 0 Å². The van der Waals surface area contributed by atoms with Crippen molar-refractivity contribution >= 4 is 15.8 Å². The van der Waals surface area contributed by atoms with Gasteiger partial charge in [-0.15, -0.1) is 0 Å². The molecule has 0 saturated carbocycles. The van der Waals surface area contributed by atoms with E-state index in [1.165, 1.54) is 42.5 Å². The number of ether oxygens (including phenoxy) is 1. The molecule has 2 rings (SSSR count). The first-order valence-electron chi connectivity index (χ1n) is 6.09. The van der Waals surface area contributed by atoms with Crippen LogP contribution in [-0.4, -0.2) is 20.6 Å². The molecule has 6 heteroatoms. The highest BCUT2D eigenvalue weighted by Gasteiger charge is 2.19. The summed E-state index contributed by atoms with van der Waals surface area (Å²) in [6.07, 6.45) is 1.01. The molecule has 110 valence electrons.